The summed E-state index contributed by atoms with van der Waals surface area (Å²) in [6.07, 6.45) is 0.950. The Morgan fingerprint density at radius 3 is 2.06 bits per heavy atom. The number of benzene rings is 3. The van der Waals surface area contributed by atoms with Crippen LogP contribution in [0.1, 0.15) is 25.0 Å². The summed E-state index contributed by atoms with van der Waals surface area (Å²) in [6, 6.07) is 24.6. The molecule has 0 aliphatic carbocycles. The number of thioether (sulfide) groups is 1. The molecule has 0 bridgehead atoms. The van der Waals surface area contributed by atoms with Crippen LogP contribution in [0.25, 0.3) is 11.1 Å². The normalized spacial score (nSPS) is 12.7. The second-order valence-corrected chi connectivity index (χ2v) is 9.09. The van der Waals surface area contributed by atoms with Gasteiger partial charge in [-0.2, -0.15) is 0 Å². The van der Waals surface area contributed by atoms with E-state index >= 15 is 0 Å². The summed E-state index contributed by atoms with van der Waals surface area (Å²) >= 11 is 1.27. The van der Waals surface area contributed by atoms with Crippen molar-refractivity contribution in [1.29, 1.82) is 0 Å². The predicted molar refractivity (Wildman–Crippen MR) is 127 cm³/mol. The lowest BCUT2D eigenvalue weighted by atomic mass is 10.0. The lowest BCUT2D eigenvalue weighted by Crippen LogP contribution is -2.38. The molecule has 1 amide bonds. The van der Waals surface area contributed by atoms with Crippen molar-refractivity contribution in [3.63, 3.8) is 0 Å². The van der Waals surface area contributed by atoms with Crippen molar-refractivity contribution < 1.29 is 14.7 Å². The third-order valence-corrected chi connectivity index (χ3v) is 6.09. The molecule has 3 aromatic rings. The van der Waals surface area contributed by atoms with E-state index in [4.69, 9.17) is 0 Å². The van der Waals surface area contributed by atoms with Crippen molar-refractivity contribution in [1.82, 2.24) is 5.32 Å². The molecule has 0 heterocycles. The van der Waals surface area contributed by atoms with Crippen molar-refractivity contribution in [2.75, 3.05) is 0 Å². The molecule has 2 N–H and O–H groups in total. The molecule has 0 aliphatic rings. The van der Waals surface area contributed by atoms with Gasteiger partial charge < -0.3 is 10.4 Å². The Kier molecular flexibility index (Phi) is 7.90. The van der Waals surface area contributed by atoms with Gasteiger partial charge in [-0.25, -0.2) is 0 Å². The number of amides is 1. The van der Waals surface area contributed by atoms with Crippen LogP contribution in [0.15, 0.2) is 78.9 Å². The van der Waals surface area contributed by atoms with E-state index < -0.39 is 6.04 Å². The SMILES string of the molecule is C[C@@H](Cc1ccc(-c2ccccc2)cc1)SC(=O)[C@@H](C)NC(=O)Cc1ccc(O)cc1. The van der Waals surface area contributed by atoms with E-state index in [9.17, 15) is 14.7 Å². The molecular weight excluding hydrogens is 406 g/mol. The van der Waals surface area contributed by atoms with E-state index in [0.29, 0.717) is 0 Å². The largest absolute Gasteiger partial charge is 0.508 e. The number of phenolic OH excluding ortho intramolecular Hbond substituents is 1. The average molecular weight is 434 g/mol. The van der Waals surface area contributed by atoms with Gasteiger partial charge in [0.25, 0.3) is 0 Å². The zero-order valence-corrected chi connectivity index (χ0v) is 18.6. The fourth-order valence-corrected chi connectivity index (χ4v) is 4.22. The number of nitrogens with one attached hydrogen (secondary N) is 1. The molecule has 0 saturated heterocycles. The van der Waals surface area contributed by atoms with Crippen LogP contribution in [-0.2, 0) is 22.4 Å². The summed E-state index contributed by atoms with van der Waals surface area (Å²) in [4.78, 5) is 24.7. The molecule has 0 aliphatic heterocycles. The van der Waals surface area contributed by atoms with Crippen molar-refractivity contribution in [3.8, 4) is 16.9 Å². The van der Waals surface area contributed by atoms with Crippen LogP contribution in [0.4, 0.5) is 0 Å². The fourth-order valence-electron chi connectivity index (χ4n) is 3.29. The van der Waals surface area contributed by atoms with Crippen molar-refractivity contribution >= 4 is 22.8 Å². The summed E-state index contributed by atoms with van der Waals surface area (Å²) in [6.45, 7) is 3.74. The third kappa shape index (κ3) is 7.00. The minimum absolute atomic E-state index is 0.0486. The second kappa shape index (κ2) is 10.8. The van der Waals surface area contributed by atoms with Gasteiger partial charge in [0.05, 0.1) is 12.5 Å². The number of carbonyl (C=O) groups excluding carboxylic acids is 2. The van der Waals surface area contributed by atoms with Gasteiger partial charge in [-0.15, -0.1) is 0 Å². The highest BCUT2D eigenvalue weighted by Crippen LogP contribution is 2.22. The number of carbonyl (C=O) groups is 2. The molecule has 0 saturated carbocycles. The summed E-state index contributed by atoms with van der Waals surface area (Å²) in [7, 11) is 0. The fraction of sp³-hybridized carbons (Fsp3) is 0.231. The predicted octanol–water partition coefficient (Wildman–Crippen LogP) is 5.00. The monoisotopic (exact) mass is 433 g/mol. The zero-order chi connectivity index (χ0) is 22.2. The van der Waals surface area contributed by atoms with Gasteiger partial charge in [0.1, 0.15) is 5.75 Å². The highest BCUT2D eigenvalue weighted by Gasteiger charge is 2.19. The van der Waals surface area contributed by atoms with Crippen LogP contribution < -0.4 is 5.32 Å². The molecule has 3 rings (SSSR count). The molecular formula is C26H27NO3S. The first-order valence-corrected chi connectivity index (χ1v) is 11.2. The molecule has 160 valence electrons. The lowest BCUT2D eigenvalue weighted by Gasteiger charge is -2.16. The standard InChI is InChI=1S/C26H27NO3S/c1-18(16-20-8-12-23(13-9-20)22-6-4-3-5-7-22)31-26(30)19(2)27-25(29)17-21-10-14-24(28)15-11-21/h3-15,18-19,28H,16-17H2,1-2H3,(H,27,29)/t18-,19+/m0/s1. The van der Waals surface area contributed by atoms with Gasteiger partial charge in [0, 0.05) is 5.25 Å². The highest BCUT2D eigenvalue weighted by atomic mass is 32.2. The van der Waals surface area contributed by atoms with E-state index in [2.05, 4.69) is 41.7 Å². The molecule has 0 fully saturated rings. The van der Waals surface area contributed by atoms with Crippen LogP contribution in [0.3, 0.4) is 0 Å². The molecule has 0 spiro atoms. The Morgan fingerprint density at radius 2 is 1.42 bits per heavy atom. The summed E-state index contributed by atoms with van der Waals surface area (Å²) < 4.78 is 0. The van der Waals surface area contributed by atoms with Gasteiger partial charge in [0.15, 0.2) is 0 Å². The Hall–Kier alpha value is -3.05. The minimum atomic E-state index is -0.558. The summed E-state index contributed by atoms with van der Waals surface area (Å²) in [5.74, 6) is -0.0518. The average Bonchev–Trinajstić information content (AvgIpc) is 2.76. The maximum atomic E-state index is 12.5. The summed E-state index contributed by atoms with van der Waals surface area (Å²) in [5.41, 5.74) is 4.32. The molecule has 2 atom stereocenters. The summed E-state index contributed by atoms with van der Waals surface area (Å²) in [5, 5.41) is 12.1. The number of hydrogen-bond donors (Lipinski definition) is 2. The van der Waals surface area contributed by atoms with Crippen LogP contribution in [0.5, 0.6) is 5.75 Å². The van der Waals surface area contributed by atoms with Crippen molar-refractivity contribution in [2.24, 2.45) is 0 Å². The Balaban J connectivity index is 1.47. The Bertz CT molecular complexity index is 1000. The van der Waals surface area contributed by atoms with Crippen LogP contribution in [-0.4, -0.2) is 27.4 Å². The number of aromatic hydroxyl groups is 1. The zero-order valence-electron chi connectivity index (χ0n) is 17.7. The highest BCUT2D eigenvalue weighted by molar-refractivity contribution is 8.14. The minimum Gasteiger partial charge on any atom is -0.508 e. The first-order chi connectivity index (χ1) is 14.9. The number of hydrogen-bond acceptors (Lipinski definition) is 4. The maximum Gasteiger partial charge on any atom is 0.225 e. The van der Waals surface area contributed by atoms with E-state index in [-0.39, 0.29) is 28.4 Å². The first-order valence-electron chi connectivity index (χ1n) is 10.3. The maximum absolute atomic E-state index is 12.5. The van der Waals surface area contributed by atoms with E-state index in [0.717, 1.165) is 12.0 Å². The van der Waals surface area contributed by atoms with Crippen LogP contribution in [0, 0.1) is 0 Å². The quantitative estimate of drug-likeness (QED) is 0.525. The van der Waals surface area contributed by atoms with E-state index in [1.165, 1.54) is 28.5 Å². The van der Waals surface area contributed by atoms with Crippen molar-refractivity contribution in [3.05, 3.63) is 90.0 Å². The second-order valence-electron chi connectivity index (χ2n) is 7.65. The van der Waals surface area contributed by atoms with Crippen LogP contribution >= 0.6 is 11.8 Å². The number of rotatable bonds is 8. The van der Waals surface area contributed by atoms with Crippen LogP contribution in [0.2, 0.25) is 0 Å². The molecule has 4 nitrogen and oxygen atoms in total. The van der Waals surface area contributed by atoms with Gasteiger partial charge in [-0.3, -0.25) is 9.59 Å². The lowest BCUT2D eigenvalue weighted by molar-refractivity contribution is -0.123. The van der Waals surface area contributed by atoms with Gasteiger partial charge in [-0.1, -0.05) is 85.4 Å². The molecule has 0 radical (unpaired) electrons. The third-order valence-electron chi connectivity index (χ3n) is 4.93. The smallest absolute Gasteiger partial charge is 0.225 e. The molecule has 0 aromatic heterocycles. The first kappa shape index (κ1) is 22.6. The molecule has 5 heteroatoms. The van der Waals surface area contributed by atoms with Gasteiger partial charge in [0.2, 0.25) is 11.0 Å². The Labute approximate surface area is 187 Å². The van der Waals surface area contributed by atoms with E-state index in [1.54, 1.807) is 31.2 Å². The van der Waals surface area contributed by atoms with Crippen molar-refractivity contribution in [2.45, 2.75) is 38.0 Å². The van der Waals surface area contributed by atoms with E-state index in [1.807, 2.05) is 25.1 Å². The van der Waals surface area contributed by atoms with Gasteiger partial charge in [-0.05, 0) is 47.7 Å². The Morgan fingerprint density at radius 1 is 0.839 bits per heavy atom. The topological polar surface area (TPSA) is 66.4 Å². The number of phenols is 1. The molecule has 0 unspecified atom stereocenters. The molecule has 31 heavy (non-hydrogen) atoms. The van der Waals surface area contributed by atoms with Gasteiger partial charge >= 0.3 is 0 Å². The molecule has 3 aromatic carbocycles.